The van der Waals surface area contributed by atoms with E-state index in [4.69, 9.17) is 9.84 Å². The van der Waals surface area contributed by atoms with Gasteiger partial charge in [-0.3, -0.25) is 0 Å². The molecule has 0 atom stereocenters. The molecule has 0 heterocycles. The van der Waals surface area contributed by atoms with Crippen LogP contribution in [0.3, 0.4) is 0 Å². The molecule has 0 aliphatic heterocycles. The topological polar surface area (TPSA) is 83.8 Å². The number of benzene rings is 1. The number of hydrogen-bond donors (Lipinski definition) is 2. The minimum Gasteiger partial charge on any atom is -0.508 e. The van der Waals surface area contributed by atoms with E-state index in [1.807, 2.05) is 0 Å². The van der Waals surface area contributed by atoms with Crippen LogP contribution in [-0.4, -0.2) is 28.8 Å². The Morgan fingerprint density at radius 3 is 2.29 bits per heavy atom. The molecule has 0 saturated carbocycles. The van der Waals surface area contributed by atoms with Gasteiger partial charge in [-0.2, -0.15) is 0 Å². The van der Waals surface area contributed by atoms with Crippen molar-refractivity contribution in [2.75, 3.05) is 6.61 Å². The first-order valence-corrected chi connectivity index (χ1v) is 5.27. The summed E-state index contributed by atoms with van der Waals surface area (Å²) in [6, 6.07) is 2.35. The van der Waals surface area contributed by atoms with Gasteiger partial charge in [-0.15, -0.1) is 0 Å². The van der Waals surface area contributed by atoms with Crippen LogP contribution in [0.2, 0.25) is 0 Å². The van der Waals surface area contributed by atoms with Gasteiger partial charge in [-0.1, -0.05) is 6.92 Å². The summed E-state index contributed by atoms with van der Waals surface area (Å²) in [6.45, 7) is 3.59. The normalized spacial score (nSPS) is 10.0. The summed E-state index contributed by atoms with van der Waals surface area (Å²) in [5.74, 6) is -2.06. The van der Waals surface area contributed by atoms with E-state index in [1.54, 1.807) is 13.8 Å². The fraction of sp³-hybridized carbons (Fsp3) is 0.333. The maximum atomic E-state index is 11.6. The number of phenolic OH excluding ortho intramolecular Hbond substituents is 1. The molecule has 1 rings (SSSR count). The van der Waals surface area contributed by atoms with E-state index < -0.39 is 11.9 Å². The number of ether oxygens (including phenoxy) is 1. The van der Waals surface area contributed by atoms with Crippen LogP contribution in [0.15, 0.2) is 12.1 Å². The fourth-order valence-corrected chi connectivity index (χ4v) is 1.62. The number of carbonyl (C=O) groups is 2. The maximum Gasteiger partial charge on any atom is 0.338 e. The van der Waals surface area contributed by atoms with Crippen LogP contribution in [0, 0.1) is 0 Å². The number of carboxylic acids is 1. The predicted octanol–water partition coefficient (Wildman–Crippen LogP) is 1.83. The van der Waals surface area contributed by atoms with Crippen LogP contribution in [0.1, 0.15) is 40.1 Å². The summed E-state index contributed by atoms with van der Waals surface area (Å²) in [7, 11) is 0. The first-order valence-electron chi connectivity index (χ1n) is 5.27. The Labute approximate surface area is 98.6 Å². The van der Waals surface area contributed by atoms with Gasteiger partial charge in [-0.25, -0.2) is 9.59 Å². The molecule has 0 spiro atoms. The molecular formula is C12H14O5. The third-order valence-electron chi connectivity index (χ3n) is 2.31. The highest BCUT2D eigenvalue weighted by atomic mass is 16.5. The highest BCUT2D eigenvalue weighted by Gasteiger charge is 2.19. The first-order chi connectivity index (χ1) is 8.01. The Morgan fingerprint density at radius 2 is 1.82 bits per heavy atom. The molecule has 0 saturated heterocycles. The minimum atomic E-state index is -1.18. The van der Waals surface area contributed by atoms with Crippen LogP contribution in [0.4, 0.5) is 0 Å². The lowest BCUT2D eigenvalue weighted by Crippen LogP contribution is -2.12. The van der Waals surface area contributed by atoms with E-state index >= 15 is 0 Å². The molecule has 0 aromatic heterocycles. The lowest BCUT2D eigenvalue weighted by molar-refractivity contribution is 0.0524. The second-order valence-corrected chi connectivity index (χ2v) is 3.40. The molecule has 0 radical (unpaired) electrons. The van der Waals surface area contributed by atoms with Crippen molar-refractivity contribution < 1.29 is 24.5 Å². The molecular weight excluding hydrogens is 224 g/mol. The van der Waals surface area contributed by atoms with Crippen LogP contribution in [0.5, 0.6) is 5.75 Å². The van der Waals surface area contributed by atoms with E-state index in [9.17, 15) is 14.7 Å². The summed E-state index contributed by atoms with van der Waals surface area (Å²) in [6.07, 6.45) is 0.371. The molecule has 1 aromatic rings. The standard InChI is InChI=1S/C12H14O5/c1-3-8-9(11(14)15)5-7(13)6-10(8)12(16)17-4-2/h5-6,13H,3-4H2,1-2H3,(H,14,15). The molecule has 2 N–H and O–H groups in total. The highest BCUT2D eigenvalue weighted by Crippen LogP contribution is 2.23. The van der Waals surface area contributed by atoms with Crippen molar-refractivity contribution >= 4 is 11.9 Å². The number of phenols is 1. The summed E-state index contributed by atoms with van der Waals surface area (Å²) in [5, 5.41) is 18.4. The Morgan fingerprint density at radius 1 is 1.24 bits per heavy atom. The van der Waals surface area contributed by atoms with Crippen LogP contribution in [-0.2, 0) is 11.2 Å². The number of hydrogen-bond acceptors (Lipinski definition) is 4. The van der Waals surface area contributed by atoms with Gasteiger partial charge in [0.2, 0.25) is 0 Å². The second kappa shape index (κ2) is 5.34. The summed E-state index contributed by atoms with van der Waals surface area (Å²) < 4.78 is 4.82. The van der Waals surface area contributed by atoms with Crippen molar-refractivity contribution in [1.29, 1.82) is 0 Å². The molecule has 0 aliphatic rings. The molecule has 1 aromatic carbocycles. The van der Waals surface area contributed by atoms with E-state index in [2.05, 4.69) is 0 Å². The highest BCUT2D eigenvalue weighted by molar-refractivity contribution is 5.98. The van der Waals surface area contributed by atoms with Crippen molar-refractivity contribution in [3.05, 3.63) is 28.8 Å². The van der Waals surface area contributed by atoms with Crippen LogP contribution < -0.4 is 0 Å². The number of carbonyl (C=O) groups excluding carboxylic acids is 1. The fourth-order valence-electron chi connectivity index (χ4n) is 1.62. The van der Waals surface area contributed by atoms with E-state index in [1.165, 1.54) is 6.07 Å². The monoisotopic (exact) mass is 238 g/mol. The lowest BCUT2D eigenvalue weighted by Gasteiger charge is -2.11. The quantitative estimate of drug-likeness (QED) is 0.782. The Hall–Kier alpha value is -2.04. The zero-order valence-electron chi connectivity index (χ0n) is 9.69. The molecule has 17 heavy (non-hydrogen) atoms. The zero-order valence-corrected chi connectivity index (χ0v) is 9.69. The third kappa shape index (κ3) is 2.75. The smallest absolute Gasteiger partial charge is 0.338 e. The SMILES string of the molecule is CCOC(=O)c1cc(O)cc(C(=O)O)c1CC. The predicted molar refractivity (Wildman–Crippen MR) is 60.4 cm³/mol. The van der Waals surface area contributed by atoms with Crippen molar-refractivity contribution in [1.82, 2.24) is 0 Å². The number of carboxylic acid groups (broad SMARTS) is 1. The zero-order chi connectivity index (χ0) is 13.0. The Balaban J connectivity index is 3.37. The largest absolute Gasteiger partial charge is 0.508 e. The average molecular weight is 238 g/mol. The Bertz CT molecular complexity index is 450. The minimum absolute atomic E-state index is 0.0736. The van der Waals surface area contributed by atoms with Gasteiger partial charge in [-0.05, 0) is 31.0 Å². The number of aromatic carboxylic acids is 1. The van der Waals surface area contributed by atoms with Gasteiger partial charge in [0.1, 0.15) is 5.75 Å². The lowest BCUT2D eigenvalue weighted by atomic mass is 9.98. The molecule has 0 aliphatic carbocycles. The number of rotatable bonds is 4. The van der Waals surface area contributed by atoms with Gasteiger partial charge in [0, 0.05) is 0 Å². The average Bonchev–Trinajstić information content (AvgIpc) is 2.28. The summed E-state index contributed by atoms with van der Waals surface area (Å²) in [4.78, 5) is 22.6. The summed E-state index contributed by atoms with van der Waals surface area (Å²) in [5.41, 5.74) is 0.399. The number of esters is 1. The van der Waals surface area contributed by atoms with E-state index in [0.717, 1.165) is 6.07 Å². The molecule has 0 amide bonds. The first kappa shape index (κ1) is 13.0. The molecule has 0 bridgehead atoms. The van der Waals surface area contributed by atoms with Crippen molar-refractivity contribution in [2.45, 2.75) is 20.3 Å². The third-order valence-corrected chi connectivity index (χ3v) is 2.31. The van der Waals surface area contributed by atoms with Crippen LogP contribution in [0.25, 0.3) is 0 Å². The molecule has 5 nitrogen and oxygen atoms in total. The van der Waals surface area contributed by atoms with Crippen molar-refractivity contribution in [2.24, 2.45) is 0 Å². The second-order valence-electron chi connectivity index (χ2n) is 3.40. The van der Waals surface area contributed by atoms with E-state index in [-0.39, 0.29) is 23.5 Å². The molecule has 5 heteroatoms. The van der Waals surface area contributed by atoms with Crippen molar-refractivity contribution in [3.63, 3.8) is 0 Å². The van der Waals surface area contributed by atoms with Crippen molar-refractivity contribution in [3.8, 4) is 5.75 Å². The Kier molecular flexibility index (Phi) is 4.09. The molecule has 92 valence electrons. The van der Waals surface area contributed by atoms with Gasteiger partial charge in [0.25, 0.3) is 0 Å². The van der Waals surface area contributed by atoms with Gasteiger partial charge in [0.15, 0.2) is 0 Å². The van der Waals surface area contributed by atoms with Crippen LogP contribution >= 0.6 is 0 Å². The molecule has 0 fully saturated rings. The van der Waals surface area contributed by atoms with Gasteiger partial charge < -0.3 is 14.9 Å². The molecule has 0 unspecified atom stereocenters. The van der Waals surface area contributed by atoms with E-state index in [0.29, 0.717) is 12.0 Å². The maximum absolute atomic E-state index is 11.6. The number of aromatic hydroxyl groups is 1. The van der Waals surface area contributed by atoms with Gasteiger partial charge >= 0.3 is 11.9 Å². The van der Waals surface area contributed by atoms with Gasteiger partial charge in [0.05, 0.1) is 17.7 Å². The summed E-state index contributed by atoms with van der Waals surface area (Å²) >= 11 is 0.